The van der Waals surface area contributed by atoms with E-state index in [4.69, 9.17) is 0 Å². The largest absolute Gasteiger partial charge is 0.0642 e. The average Bonchev–Trinajstić information content (AvgIpc) is 2.46. The van der Waals surface area contributed by atoms with Crippen LogP contribution in [0.2, 0.25) is 0 Å². The molecule has 0 aliphatic heterocycles. The van der Waals surface area contributed by atoms with Gasteiger partial charge in [0.05, 0.1) is 0 Å². The van der Waals surface area contributed by atoms with E-state index in [0.29, 0.717) is 0 Å². The predicted octanol–water partition coefficient (Wildman–Crippen LogP) is 5.70. The van der Waals surface area contributed by atoms with Crippen molar-refractivity contribution < 1.29 is 0 Å². The van der Waals surface area contributed by atoms with Crippen molar-refractivity contribution >= 4 is 0 Å². The Hall–Kier alpha value is -1.56. The van der Waals surface area contributed by atoms with E-state index in [1.165, 1.54) is 16.7 Å². The van der Waals surface area contributed by atoms with Gasteiger partial charge in [-0.1, -0.05) is 89.2 Å². The summed E-state index contributed by atoms with van der Waals surface area (Å²) >= 11 is 0. The Balaban J connectivity index is 2.43. The molecule has 0 aliphatic rings. The topological polar surface area (TPSA) is 0 Å². The quantitative estimate of drug-likeness (QED) is 0.668. The summed E-state index contributed by atoms with van der Waals surface area (Å²) in [4.78, 5) is 0. The number of rotatable bonds is 3. The number of hydrogen-bond acceptors (Lipinski definition) is 0. The van der Waals surface area contributed by atoms with Crippen molar-refractivity contribution in [3.05, 3.63) is 71.3 Å². The number of benzene rings is 2. The molecule has 0 N–H and O–H groups in total. The highest BCUT2D eigenvalue weighted by Crippen LogP contribution is 2.36. The SMILES string of the molecule is CCC(C)(c1ccccc1)c1ccc(C(C)(C)C)cc1. The number of hydrogen-bond donors (Lipinski definition) is 0. The molecule has 0 heterocycles. The molecule has 20 heavy (non-hydrogen) atoms. The molecule has 2 aromatic rings. The molecule has 0 radical (unpaired) electrons. The Morgan fingerprint density at radius 2 is 1.10 bits per heavy atom. The van der Waals surface area contributed by atoms with Gasteiger partial charge in [-0.2, -0.15) is 0 Å². The Morgan fingerprint density at radius 3 is 1.55 bits per heavy atom. The normalized spacial score (nSPS) is 14.8. The minimum atomic E-state index is 0.0949. The zero-order valence-electron chi connectivity index (χ0n) is 13.4. The Bertz CT molecular complexity index is 543. The van der Waals surface area contributed by atoms with Crippen molar-refractivity contribution in [1.29, 1.82) is 0 Å². The van der Waals surface area contributed by atoms with Gasteiger partial charge in [-0.15, -0.1) is 0 Å². The summed E-state index contributed by atoms with van der Waals surface area (Å²) in [5, 5.41) is 0. The molecule has 0 fully saturated rings. The van der Waals surface area contributed by atoms with Crippen LogP contribution >= 0.6 is 0 Å². The highest BCUT2D eigenvalue weighted by molar-refractivity contribution is 5.40. The maximum Gasteiger partial charge on any atom is 0.0172 e. The predicted molar refractivity (Wildman–Crippen MR) is 88.3 cm³/mol. The maximum atomic E-state index is 2.34. The summed E-state index contributed by atoms with van der Waals surface area (Å²) < 4.78 is 0. The van der Waals surface area contributed by atoms with Crippen LogP contribution in [-0.2, 0) is 10.8 Å². The third-order valence-electron chi connectivity index (χ3n) is 4.51. The first-order valence-corrected chi connectivity index (χ1v) is 7.54. The van der Waals surface area contributed by atoms with Gasteiger partial charge >= 0.3 is 0 Å². The van der Waals surface area contributed by atoms with Crippen molar-refractivity contribution in [2.75, 3.05) is 0 Å². The zero-order chi connectivity index (χ0) is 14.8. The van der Waals surface area contributed by atoms with Crippen LogP contribution in [0.4, 0.5) is 0 Å². The lowest BCUT2D eigenvalue weighted by Gasteiger charge is -2.30. The van der Waals surface area contributed by atoms with Crippen LogP contribution in [0, 0.1) is 0 Å². The van der Waals surface area contributed by atoms with Crippen LogP contribution in [0.25, 0.3) is 0 Å². The Kier molecular flexibility index (Phi) is 4.04. The summed E-state index contributed by atoms with van der Waals surface area (Å²) in [6, 6.07) is 20.0. The summed E-state index contributed by atoms with van der Waals surface area (Å²) in [5.41, 5.74) is 4.50. The molecule has 1 unspecified atom stereocenters. The van der Waals surface area contributed by atoms with Crippen LogP contribution in [0.1, 0.15) is 57.7 Å². The lowest BCUT2D eigenvalue weighted by molar-refractivity contribution is 0.546. The summed E-state index contributed by atoms with van der Waals surface area (Å²) in [5.74, 6) is 0. The van der Waals surface area contributed by atoms with Gasteiger partial charge in [-0.05, 0) is 28.5 Å². The molecular weight excluding hydrogens is 240 g/mol. The van der Waals surface area contributed by atoms with Crippen molar-refractivity contribution in [2.24, 2.45) is 0 Å². The van der Waals surface area contributed by atoms with E-state index in [9.17, 15) is 0 Å². The molecule has 0 amide bonds. The lowest BCUT2D eigenvalue weighted by Crippen LogP contribution is -2.23. The van der Waals surface area contributed by atoms with Crippen molar-refractivity contribution in [2.45, 2.75) is 51.9 Å². The fourth-order valence-electron chi connectivity index (χ4n) is 2.72. The molecule has 0 heteroatoms. The molecule has 0 spiro atoms. The zero-order valence-corrected chi connectivity index (χ0v) is 13.4. The van der Waals surface area contributed by atoms with E-state index in [-0.39, 0.29) is 10.8 Å². The van der Waals surface area contributed by atoms with E-state index in [2.05, 4.69) is 89.2 Å². The maximum absolute atomic E-state index is 2.34. The van der Waals surface area contributed by atoms with Gasteiger partial charge in [-0.25, -0.2) is 0 Å². The van der Waals surface area contributed by atoms with Crippen LogP contribution in [0.5, 0.6) is 0 Å². The Labute approximate surface area is 123 Å². The average molecular weight is 266 g/mol. The van der Waals surface area contributed by atoms with Gasteiger partial charge in [0.15, 0.2) is 0 Å². The molecule has 0 saturated carbocycles. The van der Waals surface area contributed by atoms with Crippen LogP contribution in [0.15, 0.2) is 54.6 Å². The smallest absolute Gasteiger partial charge is 0.0172 e. The second kappa shape index (κ2) is 5.44. The van der Waals surface area contributed by atoms with Gasteiger partial charge in [0.2, 0.25) is 0 Å². The Morgan fingerprint density at radius 1 is 0.650 bits per heavy atom. The fourth-order valence-corrected chi connectivity index (χ4v) is 2.72. The summed E-state index contributed by atoms with van der Waals surface area (Å²) in [6.07, 6.45) is 1.10. The molecule has 106 valence electrons. The molecule has 0 nitrogen and oxygen atoms in total. The molecule has 0 saturated heterocycles. The first-order valence-electron chi connectivity index (χ1n) is 7.54. The van der Waals surface area contributed by atoms with Gasteiger partial charge in [0, 0.05) is 5.41 Å². The van der Waals surface area contributed by atoms with Crippen LogP contribution in [0.3, 0.4) is 0 Å². The van der Waals surface area contributed by atoms with Gasteiger partial charge in [0.1, 0.15) is 0 Å². The van der Waals surface area contributed by atoms with E-state index in [1.54, 1.807) is 0 Å². The molecule has 2 aromatic carbocycles. The molecule has 2 rings (SSSR count). The first-order chi connectivity index (χ1) is 9.38. The van der Waals surface area contributed by atoms with Crippen LogP contribution < -0.4 is 0 Å². The van der Waals surface area contributed by atoms with E-state index in [0.717, 1.165) is 6.42 Å². The molecule has 1 atom stereocenters. The van der Waals surface area contributed by atoms with E-state index >= 15 is 0 Å². The second-order valence-electron chi connectivity index (χ2n) is 6.88. The minimum Gasteiger partial charge on any atom is -0.0642 e. The van der Waals surface area contributed by atoms with Crippen molar-refractivity contribution in [1.82, 2.24) is 0 Å². The molecule has 0 bridgehead atoms. The minimum absolute atomic E-state index is 0.0949. The third kappa shape index (κ3) is 2.80. The molecular formula is C20H26. The van der Waals surface area contributed by atoms with E-state index in [1.807, 2.05) is 0 Å². The third-order valence-corrected chi connectivity index (χ3v) is 4.51. The monoisotopic (exact) mass is 266 g/mol. The lowest BCUT2D eigenvalue weighted by atomic mass is 9.73. The second-order valence-corrected chi connectivity index (χ2v) is 6.88. The summed E-state index contributed by atoms with van der Waals surface area (Å²) in [7, 11) is 0. The highest BCUT2D eigenvalue weighted by Gasteiger charge is 2.27. The molecule has 0 aromatic heterocycles. The van der Waals surface area contributed by atoms with Crippen molar-refractivity contribution in [3.8, 4) is 0 Å². The fraction of sp³-hybridized carbons (Fsp3) is 0.400. The van der Waals surface area contributed by atoms with Gasteiger partial charge in [-0.3, -0.25) is 0 Å². The van der Waals surface area contributed by atoms with Crippen LogP contribution in [-0.4, -0.2) is 0 Å². The molecule has 0 aliphatic carbocycles. The first kappa shape index (κ1) is 14.8. The van der Waals surface area contributed by atoms with Gasteiger partial charge in [0.25, 0.3) is 0 Å². The van der Waals surface area contributed by atoms with E-state index < -0.39 is 0 Å². The summed E-state index contributed by atoms with van der Waals surface area (Å²) in [6.45, 7) is 11.4. The van der Waals surface area contributed by atoms with Crippen molar-refractivity contribution in [3.63, 3.8) is 0 Å². The highest BCUT2D eigenvalue weighted by atomic mass is 14.3. The standard InChI is InChI=1S/C20H26/c1-6-20(5,17-10-8-7-9-11-17)18-14-12-16(13-15-18)19(2,3)4/h7-15H,6H2,1-5H3. The van der Waals surface area contributed by atoms with Gasteiger partial charge < -0.3 is 0 Å².